The van der Waals surface area contributed by atoms with E-state index in [1.807, 2.05) is 66.6 Å². The molecule has 0 fully saturated rings. The Morgan fingerprint density at radius 2 is 1.88 bits per heavy atom. The zero-order valence-electron chi connectivity index (χ0n) is 13.9. The fraction of sp³-hybridized carbons (Fsp3) is 0.333. The molecular formula is C18H23N3O2S. The highest BCUT2D eigenvalue weighted by Crippen LogP contribution is 2.23. The van der Waals surface area contributed by atoms with E-state index in [9.17, 15) is 9.59 Å². The molecule has 2 rings (SSSR count). The smallest absolute Gasteiger partial charge is 0.312 e. The number of amides is 3. The van der Waals surface area contributed by atoms with Gasteiger partial charge in [-0.25, -0.2) is 4.79 Å². The van der Waals surface area contributed by atoms with E-state index in [-0.39, 0.29) is 18.4 Å². The number of thiophene rings is 1. The Bertz CT molecular complexity index is 656. The van der Waals surface area contributed by atoms with Crippen molar-refractivity contribution in [2.24, 2.45) is 5.73 Å². The maximum Gasteiger partial charge on any atom is 0.312 e. The Hall–Kier alpha value is -2.34. The molecule has 3 amide bonds. The van der Waals surface area contributed by atoms with Crippen LogP contribution in [0.15, 0.2) is 47.8 Å². The third-order valence-electron chi connectivity index (χ3n) is 3.72. The first kappa shape index (κ1) is 18.0. The molecule has 1 heterocycles. The summed E-state index contributed by atoms with van der Waals surface area (Å²) < 4.78 is 0. The Labute approximate surface area is 146 Å². The minimum atomic E-state index is -0.625. The average molecular weight is 345 g/mol. The van der Waals surface area contributed by atoms with E-state index in [4.69, 9.17) is 5.73 Å². The number of hydrogen-bond donors (Lipinski definition) is 2. The van der Waals surface area contributed by atoms with Gasteiger partial charge in [0.05, 0.1) is 12.5 Å². The van der Waals surface area contributed by atoms with Crippen LogP contribution in [-0.4, -0.2) is 22.9 Å². The fourth-order valence-corrected chi connectivity index (χ4v) is 3.29. The molecule has 1 unspecified atom stereocenters. The van der Waals surface area contributed by atoms with Crippen LogP contribution in [0.3, 0.4) is 0 Å². The maximum atomic E-state index is 12.8. The molecule has 1 aromatic heterocycles. The van der Waals surface area contributed by atoms with Gasteiger partial charge in [0.15, 0.2) is 0 Å². The van der Waals surface area contributed by atoms with Gasteiger partial charge in [-0.3, -0.25) is 4.79 Å². The van der Waals surface area contributed by atoms with Gasteiger partial charge in [0.2, 0.25) is 5.91 Å². The first-order valence-electron chi connectivity index (χ1n) is 7.90. The highest BCUT2D eigenvalue weighted by Gasteiger charge is 2.24. The number of urea groups is 1. The normalized spacial score (nSPS) is 12.0. The van der Waals surface area contributed by atoms with Gasteiger partial charge in [-0.05, 0) is 30.9 Å². The monoisotopic (exact) mass is 345 g/mol. The number of rotatable bonds is 7. The molecule has 0 spiro atoms. The Balaban J connectivity index is 2.11. The molecule has 0 saturated carbocycles. The SMILES string of the molecule is CC(C)N(Cc1ccccc1)C(=O)CC(NC(N)=O)c1cccs1. The minimum Gasteiger partial charge on any atom is -0.352 e. The molecule has 128 valence electrons. The number of primary amides is 1. The topological polar surface area (TPSA) is 75.4 Å². The van der Waals surface area contributed by atoms with Crippen LogP contribution < -0.4 is 11.1 Å². The molecule has 0 aliphatic carbocycles. The van der Waals surface area contributed by atoms with Gasteiger partial charge in [0, 0.05) is 17.5 Å². The van der Waals surface area contributed by atoms with Gasteiger partial charge in [-0.15, -0.1) is 11.3 Å². The number of carbonyl (C=O) groups is 2. The number of benzene rings is 1. The van der Waals surface area contributed by atoms with E-state index < -0.39 is 12.1 Å². The first-order chi connectivity index (χ1) is 11.5. The van der Waals surface area contributed by atoms with Gasteiger partial charge in [-0.2, -0.15) is 0 Å². The van der Waals surface area contributed by atoms with E-state index in [2.05, 4.69) is 5.32 Å². The lowest BCUT2D eigenvalue weighted by atomic mass is 10.1. The summed E-state index contributed by atoms with van der Waals surface area (Å²) in [6, 6.07) is 12.7. The molecule has 6 heteroatoms. The highest BCUT2D eigenvalue weighted by molar-refractivity contribution is 7.10. The summed E-state index contributed by atoms with van der Waals surface area (Å²) in [4.78, 5) is 26.8. The summed E-state index contributed by atoms with van der Waals surface area (Å²) in [6.45, 7) is 4.52. The molecule has 0 saturated heterocycles. The standard InChI is InChI=1S/C18H23N3O2S/c1-13(2)21(12-14-7-4-3-5-8-14)17(22)11-15(20-18(19)23)16-9-6-10-24-16/h3-10,13,15H,11-12H2,1-2H3,(H3,19,20,23). The third kappa shape index (κ3) is 5.09. The number of nitrogens with one attached hydrogen (secondary N) is 1. The molecule has 3 N–H and O–H groups in total. The quantitative estimate of drug-likeness (QED) is 0.808. The molecule has 5 nitrogen and oxygen atoms in total. The second kappa shape index (κ2) is 8.49. The zero-order chi connectivity index (χ0) is 17.5. The van der Waals surface area contributed by atoms with E-state index in [0.29, 0.717) is 6.54 Å². The van der Waals surface area contributed by atoms with Crippen molar-refractivity contribution in [3.8, 4) is 0 Å². The summed E-state index contributed by atoms with van der Waals surface area (Å²) in [5.41, 5.74) is 6.34. The van der Waals surface area contributed by atoms with Crippen LogP contribution in [0.25, 0.3) is 0 Å². The third-order valence-corrected chi connectivity index (χ3v) is 4.71. The highest BCUT2D eigenvalue weighted by atomic mass is 32.1. The summed E-state index contributed by atoms with van der Waals surface area (Å²) in [5, 5.41) is 4.59. The number of carbonyl (C=O) groups excluding carboxylic acids is 2. The van der Waals surface area contributed by atoms with Crippen molar-refractivity contribution in [2.45, 2.75) is 38.9 Å². The molecule has 24 heavy (non-hydrogen) atoms. The van der Waals surface area contributed by atoms with Crippen LogP contribution in [0.5, 0.6) is 0 Å². The lowest BCUT2D eigenvalue weighted by Gasteiger charge is -2.29. The summed E-state index contributed by atoms with van der Waals surface area (Å²) in [7, 11) is 0. The van der Waals surface area contributed by atoms with Crippen LogP contribution in [0.2, 0.25) is 0 Å². The molecule has 0 aliphatic heterocycles. The Kier molecular flexibility index (Phi) is 6.37. The zero-order valence-corrected chi connectivity index (χ0v) is 14.8. The predicted octanol–water partition coefficient (Wildman–Crippen LogP) is 3.28. The molecule has 0 bridgehead atoms. The second-order valence-corrected chi connectivity index (χ2v) is 6.86. The van der Waals surface area contributed by atoms with Crippen LogP contribution in [0.1, 0.15) is 36.8 Å². The number of nitrogens with two attached hydrogens (primary N) is 1. The lowest BCUT2D eigenvalue weighted by Crippen LogP contribution is -2.40. The van der Waals surface area contributed by atoms with Gasteiger partial charge in [0.25, 0.3) is 0 Å². The fourth-order valence-electron chi connectivity index (χ4n) is 2.51. The van der Waals surface area contributed by atoms with Crippen LogP contribution in [0, 0.1) is 0 Å². The molecule has 2 aromatic rings. The molecular weight excluding hydrogens is 322 g/mol. The molecule has 1 atom stereocenters. The van der Waals surface area contributed by atoms with Gasteiger partial charge < -0.3 is 16.0 Å². The maximum absolute atomic E-state index is 12.8. The van der Waals surface area contributed by atoms with Crippen molar-refractivity contribution in [3.63, 3.8) is 0 Å². The van der Waals surface area contributed by atoms with Crippen molar-refractivity contribution < 1.29 is 9.59 Å². The minimum absolute atomic E-state index is 0.0130. The van der Waals surface area contributed by atoms with Crippen LogP contribution in [0.4, 0.5) is 4.79 Å². The van der Waals surface area contributed by atoms with Crippen molar-refractivity contribution in [1.82, 2.24) is 10.2 Å². The molecule has 0 aliphatic rings. The van der Waals surface area contributed by atoms with Crippen LogP contribution >= 0.6 is 11.3 Å². The summed E-state index contributed by atoms with van der Waals surface area (Å²) >= 11 is 1.50. The van der Waals surface area contributed by atoms with Crippen molar-refractivity contribution in [1.29, 1.82) is 0 Å². The van der Waals surface area contributed by atoms with E-state index in [0.717, 1.165) is 10.4 Å². The predicted molar refractivity (Wildman–Crippen MR) is 96.5 cm³/mol. The van der Waals surface area contributed by atoms with Crippen molar-refractivity contribution >= 4 is 23.3 Å². The van der Waals surface area contributed by atoms with E-state index in [1.54, 1.807) is 0 Å². The number of nitrogens with zero attached hydrogens (tertiary/aromatic N) is 1. The molecule has 1 aromatic carbocycles. The van der Waals surface area contributed by atoms with Crippen molar-refractivity contribution in [2.75, 3.05) is 0 Å². The van der Waals surface area contributed by atoms with E-state index in [1.165, 1.54) is 11.3 Å². The van der Waals surface area contributed by atoms with E-state index >= 15 is 0 Å². The Morgan fingerprint density at radius 3 is 2.42 bits per heavy atom. The van der Waals surface area contributed by atoms with Gasteiger partial charge >= 0.3 is 6.03 Å². The first-order valence-corrected chi connectivity index (χ1v) is 8.78. The van der Waals surface area contributed by atoms with Crippen molar-refractivity contribution in [3.05, 3.63) is 58.3 Å². The van der Waals surface area contributed by atoms with Crippen LogP contribution in [-0.2, 0) is 11.3 Å². The Morgan fingerprint density at radius 1 is 1.17 bits per heavy atom. The summed E-state index contributed by atoms with van der Waals surface area (Å²) in [5.74, 6) is -0.0130. The van der Waals surface area contributed by atoms with Gasteiger partial charge in [-0.1, -0.05) is 36.4 Å². The summed E-state index contributed by atoms with van der Waals surface area (Å²) in [6.07, 6.45) is 0.189. The second-order valence-electron chi connectivity index (χ2n) is 5.88. The molecule has 0 radical (unpaired) electrons. The lowest BCUT2D eigenvalue weighted by molar-refractivity contribution is -0.134. The van der Waals surface area contributed by atoms with Gasteiger partial charge in [0.1, 0.15) is 0 Å². The average Bonchev–Trinajstić information content (AvgIpc) is 3.06. The number of hydrogen-bond acceptors (Lipinski definition) is 3. The largest absolute Gasteiger partial charge is 0.352 e.